The van der Waals surface area contributed by atoms with Gasteiger partial charge in [0.15, 0.2) is 5.82 Å². The molecule has 1 aliphatic heterocycles. The summed E-state index contributed by atoms with van der Waals surface area (Å²) in [6.45, 7) is 4.56. The Morgan fingerprint density at radius 1 is 1.31 bits per heavy atom. The van der Waals surface area contributed by atoms with E-state index < -0.39 is 0 Å². The molecule has 1 N–H and O–H groups in total. The van der Waals surface area contributed by atoms with E-state index >= 15 is 0 Å². The van der Waals surface area contributed by atoms with Crippen molar-refractivity contribution in [3.8, 4) is 17.1 Å². The maximum absolute atomic E-state index is 5.47. The highest BCUT2D eigenvalue weighted by atomic mass is 16.5. The first kappa shape index (κ1) is 16.7. The summed E-state index contributed by atoms with van der Waals surface area (Å²) >= 11 is 0. The van der Waals surface area contributed by atoms with Crippen LogP contribution in [0.3, 0.4) is 0 Å². The van der Waals surface area contributed by atoms with E-state index in [0.29, 0.717) is 6.04 Å². The molecule has 3 aromatic heterocycles. The lowest BCUT2D eigenvalue weighted by Gasteiger charge is -2.25. The van der Waals surface area contributed by atoms with Gasteiger partial charge in [0, 0.05) is 61.7 Å². The maximum atomic E-state index is 5.47. The molecule has 0 aromatic carbocycles. The summed E-state index contributed by atoms with van der Waals surface area (Å²) in [5.74, 6) is 0.772. The van der Waals surface area contributed by atoms with Crippen molar-refractivity contribution in [2.75, 3.05) is 18.5 Å². The van der Waals surface area contributed by atoms with Crippen LogP contribution >= 0.6 is 0 Å². The Balaban J connectivity index is 1.68. The summed E-state index contributed by atoms with van der Waals surface area (Å²) in [7, 11) is 0. The number of anilines is 1. The standard InChI is InChI=1S/C18H23N7O/c1-2-7-24-13-17(22-23-24)15-12-19-18(25-8-3-6-20-25)11-16(15)21-14-4-9-26-10-5-14/h3,6,8,11-14H,2,4-5,7,9-10H2,1H3,(H,19,21). The Morgan fingerprint density at radius 2 is 2.19 bits per heavy atom. The number of pyridine rings is 1. The van der Waals surface area contributed by atoms with Crippen LogP contribution in [-0.4, -0.2) is 49.0 Å². The minimum absolute atomic E-state index is 0.376. The minimum Gasteiger partial charge on any atom is -0.381 e. The fourth-order valence-corrected chi connectivity index (χ4v) is 3.12. The molecule has 0 unspecified atom stereocenters. The molecule has 0 aliphatic carbocycles. The van der Waals surface area contributed by atoms with E-state index in [-0.39, 0.29) is 0 Å². The van der Waals surface area contributed by atoms with E-state index in [1.807, 2.05) is 35.4 Å². The van der Waals surface area contributed by atoms with Gasteiger partial charge in [-0.3, -0.25) is 4.68 Å². The summed E-state index contributed by atoms with van der Waals surface area (Å²) in [6.07, 6.45) is 10.5. The first-order valence-corrected chi connectivity index (χ1v) is 9.08. The molecule has 0 spiro atoms. The van der Waals surface area contributed by atoms with Crippen molar-refractivity contribution >= 4 is 5.69 Å². The normalized spacial score (nSPS) is 15.3. The molecule has 8 nitrogen and oxygen atoms in total. The van der Waals surface area contributed by atoms with E-state index in [0.717, 1.165) is 61.8 Å². The molecule has 0 amide bonds. The summed E-state index contributed by atoms with van der Waals surface area (Å²) in [6, 6.07) is 4.29. The van der Waals surface area contributed by atoms with Crippen molar-refractivity contribution < 1.29 is 4.74 Å². The van der Waals surface area contributed by atoms with Crippen LogP contribution in [0.15, 0.2) is 36.9 Å². The van der Waals surface area contributed by atoms with E-state index in [2.05, 4.69) is 32.6 Å². The fourth-order valence-electron chi connectivity index (χ4n) is 3.12. The lowest BCUT2D eigenvalue weighted by Crippen LogP contribution is -2.28. The number of hydrogen-bond donors (Lipinski definition) is 1. The summed E-state index contributed by atoms with van der Waals surface area (Å²) < 4.78 is 9.10. The number of hydrogen-bond acceptors (Lipinski definition) is 6. The van der Waals surface area contributed by atoms with Gasteiger partial charge in [0.25, 0.3) is 0 Å². The van der Waals surface area contributed by atoms with Crippen LogP contribution in [0.1, 0.15) is 26.2 Å². The third-order valence-corrected chi connectivity index (χ3v) is 4.48. The largest absolute Gasteiger partial charge is 0.381 e. The second-order valence-electron chi connectivity index (χ2n) is 6.44. The lowest BCUT2D eigenvalue weighted by atomic mass is 10.1. The van der Waals surface area contributed by atoms with Crippen LogP contribution in [0.2, 0.25) is 0 Å². The molecule has 0 atom stereocenters. The van der Waals surface area contributed by atoms with Gasteiger partial charge in [0.05, 0.1) is 6.20 Å². The number of nitrogens with zero attached hydrogens (tertiary/aromatic N) is 6. The average molecular weight is 353 g/mol. The van der Waals surface area contributed by atoms with Gasteiger partial charge in [-0.05, 0) is 25.3 Å². The predicted octanol–water partition coefficient (Wildman–Crippen LogP) is 2.53. The number of nitrogens with one attached hydrogen (secondary N) is 1. The summed E-state index contributed by atoms with van der Waals surface area (Å²) in [5, 5.41) is 16.5. The summed E-state index contributed by atoms with van der Waals surface area (Å²) in [5.41, 5.74) is 2.78. The van der Waals surface area contributed by atoms with Crippen molar-refractivity contribution in [3.05, 3.63) is 36.9 Å². The Bertz CT molecular complexity index is 837. The minimum atomic E-state index is 0.376. The molecule has 0 radical (unpaired) electrons. The molecule has 0 saturated carbocycles. The van der Waals surface area contributed by atoms with E-state index in [9.17, 15) is 0 Å². The van der Waals surface area contributed by atoms with Gasteiger partial charge in [0.2, 0.25) is 0 Å². The fraction of sp³-hybridized carbons (Fsp3) is 0.444. The topological polar surface area (TPSA) is 82.7 Å². The molecule has 136 valence electrons. The van der Waals surface area contributed by atoms with E-state index in [1.54, 1.807) is 10.9 Å². The molecular formula is C18H23N7O. The zero-order valence-corrected chi connectivity index (χ0v) is 14.9. The van der Waals surface area contributed by atoms with Gasteiger partial charge in [-0.1, -0.05) is 12.1 Å². The lowest BCUT2D eigenvalue weighted by molar-refractivity contribution is 0.0904. The first-order chi connectivity index (χ1) is 12.8. The van der Waals surface area contributed by atoms with Crippen LogP contribution in [-0.2, 0) is 11.3 Å². The van der Waals surface area contributed by atoms with E-state index in [4.69, 9.17) is 4.74 Å². The van der Waals surface area contributed by atoms with Crippen LogP contribution in [0, 0.1) is 0 Å². The highest BCUT2D eigenvalue weighted by Gasteiger charge is 2.18. The van der Waals surface area contributed by atoms with Crippen LogP contribution in [0.25, 0.3) is 17.1 Å². The van der Waals surface area contributed by atoms with Crippen LogP contribution in [0.5, 0.6) is 0 Å². The molecule has 3 aromatic rings. The third kappa shape index (κ3) is 3.60. The number of ether oxygens (including phenoxy) is 1. The Hall–Kier alpha value is -2.74. The van der Waals surface area contributed by atoms with Crippen molar-refractivity contribution in [1.82, 2.24) is 29.8 Å². The second kappa shape index (κ2) is 7.65. The second-order valence-corrected chi connectivity index (χ2v) is 6.44. The predicted molar refractivity (Wildman–Crippen MR) is 98.1 cm³/mol. The molecule has 4 heterocycles. The van der Waals surface area contributed by atoms with Gasteiger partial charge in [-0.15, -0.1) is 5.10 Å². The first-order valence-electron chi connectivity index (χ1n) is 9.08. The van der Waals surface area contributed by atoms with Crippen LogP contribution < -0.4 is 5.32 Å². The van der Waals surface area contributed by atoms with Gasteiger partial charge in [-0.2, -0.15) is 5.10 Å². The number of rotatable bonds is 6. The quantitative estimate of drug-likeness (QED) is 0.733. The summed E-state index contributed by atoms with van der Waals surface area (Å²) in [4.78, 5) is 4.57. The van der Waals surface area contributed by atoms with Crippen molar-refractivity contribution in [2.24, 2.45) is 0 Å². The SMILES string of the molecule is CCCn1cc(-c2cnc(-n3cccn3)cc2NC2CCOCC2)nn1. The van der Waals surface area contributed by atoms with Crippen molar-refractivity contribution in [1.29, 1.82) is 0 Å². The molecule has 1 saturated heterocycles. The number of aromatic nitrogens is 6. The van der Waals surface area contributed by atoms with Gasteiger partial charge >= 0.3 is 0 Å². The van der Waals surface area contributed by atoms with Gasteiger partial charge in [-0.25, -0.2) is 9.67 Å². The smallest absolute Gasteiger partial charge is 0.155 e. The average Bonchev–Trinajstić information content (AvgIpc) is 3.35. The van der Waals surface area contributed by atoms with Gasteiger partial charge < -0.3 is 10.1 Å². The maximum Gasteiger partial charge on any atom is 0.155 e. The monoisotopic (exact) mass is 353 g/mol. The third-order valence-electron chi connectivity index (χ3n) is 4.48. The molecule has 0 bridgehead atoms. The molecule has 1 aliphatic rings. The van der Waals surface area contributed by atoms with Crippen molar-refractivity contribution in [2.45, 2.75) is 38.8 Å². The Morgan fingerprint density at radius 3 is 2.96 bits per heavy atom. The van der Waals surface area contributed by atoms with Crippen molar-refractivity contribution in [3.63, 3.8) is 0 Å². The zero-order valence-electron chi connectivity index (χ0n) is 14.9. The molecule has 26 heavy (non-hydrogen) atoms. The Labute approximate surface area is 152 Å². The highest BCUT2D eigenvalue weighted by molar-refractivity contribution is 5.75. The Kier molecular flexibility index (Phi) is 4.92. The zero-order chi connectivity index (χ0) is 17.8. The molecular weight excluding hydrogens is 330 g/mol. The van der Waals surface area contributed by atoms with E-state index in [1.165, 1.54) is 0 Å². The molecule has 1 fully saturated rings. The van der Waals surface area contributed by atoms with Crippen LogP contribution in [0.4, 0.5) is 5.69 Å². The van der Waals surface area contributed by atoms with Gasteiger partial charge in [0.1, 0.15) is 5.69 Å². The number of aryl methyl sites for hydroxylation is 1. The molecule has 4 rings (SSSR count). The highest BCUT2D eigenvalue weighted by Crippen LogP contribution is 2.29. The molecule has 8 heteroatoms.